The third kappa shape index (κ3) is 8.21. The number of ether oxygens (including phenoxy) is 2. The summed E-state index contributed by atoms with van der Waals surface area (Å²) < 4.78 is 12.0. The summed E-state index contributed by atoms with van der Waals surface area (Å²) in [7, 11) is 1.83. The highest BCUT2D eigenvalue weighted by Crippen LogP contribution is 2.35. The monoisotopic (exact) mass is 300 g/mol. The van der Waals surface area contributed by atoms with Crippen LogP contribution in [0.15, 0.2) is 0 Å². The minimum absolute atomic E-state index is 0.344. The second kappa shape index (κ2) is 13.6. The summed E-state index contributed by atoms with van der Waals surface area (Å²) in [6, 6.07) is 0. The van der Waals surface area contributed by atoms with Crippen molar-refractivity contribution in [3.63, 3.8) is 0 Å². The number of unbranched alkanes of at least 4 members (excludes halogenated alkanes) is 5. The first kappa shape index (κ1) is 20.9. The van der Waals surface area contributed by atoms with Gasteiger partial charge in [-0.15, -0.1) is 0 Å². The van der Waals surface area contributed by atoms with E-state index in [-0.39, 0.29) is 5.79 Å². The predicted molar refractivity (Wildman–Crippen MR) is 92.7 cm³/mol. The first-order chi connectivity index (χ1) is 10.2. The maximum absolute atomic E-state index is 6.11. The molecule has 0 aliphatic rings. The van der Waals surface area contributed by atoms with E-state index in [0.717, 1.165) is 19.4 Å². The van der Waals surface area contributed by atoms with Crippen LogP contribution in [0.4, 0.5) is 0 Å². The molecule has 0 spiro atoms. The normalized spacial score (nSPS) is 15.9. The molecule has 128 valence electrons. The van der Waals surface area contributed by atoms with Gasteiger partial charge >= 0.3 is 0 Å². The van der Waals surface area contributed by atoms with Crippen LogP contribution in [-0.2, 0) is 9.47 Å². The molecule has 0 rings (SSSR count). The van der Waals surface area contributed by atoms with Crippen LogP contribution >= 0.6 is 0 Å². The summed E-state index contributed by atoms with van der Waals surface area (Å²) in [5.74, 6) is 0.196. The molecule has 0 N–H and O–H groups in total. The Morgan fingerprint density at radius 2 is 1.43 bits per heavy atom. The summed E-state index contributed by atoms with van der Waals surface area (Å²) in [6.07, 6.45) is 14.0. The fourth-order valence-corrected chi connectivity index (χ4v) is 3.42. The summed E-state index contributed by atoms with van der Waals surface area (Å²) in [6.45, 7) is 9.59. The number of hydrogen-bond donors (Lipinski definition) is 0. The molecule has 0 aromatic carbocycles. The van der Waals surface area contributed by atoms with Crippen LogP contribution < -0.4 is 0 Å². The molecule has 0 aliphatic heterocycles. The average Bonchev–Trinajstić information content (AvgIpc) is 2.49. The van der Waals surface area contributed by atoms with Gasteiger partial charge in [0.05, 0.1) is 0 Å². The van der Waals surface area contributed by atoms with E-state index in [2.05, 4.69) is 27.7 Å². The standard InChI is InChI=1S/C19H40O2/c1-6-10-11-12-13-14-16-18(15-7-2)19(20-5,17-8-3)21-9-4/h18H,6-17H2,1-5H3. The van der Waals surface area contributed by atoms with Crippen LogP contribution in [0.25, 0.3) is 0 Å². The summed E-state index contributed by atoms with van der Waals surface area (Å²) >= 11 is 0. The van der Waals surface area contributed by atoms with Gasteiger partial charge in [0.25, 0.3) is 0 Å². The summed E-state index contributed by atoms with van der Waals surface area (Å²) in [5.41, 5.74) is 0. The Balaban J connectivity index is 4.44. The average molecular weight is 301 g/mol. The summed E-state index contributed by atoms with van der Waals surface area (Å²) in [4.78, 5) is 0. The van der Waals surface area contributed by atoms with E-state index in [4.69, 9.17) is 9.47 Å². The topological polar surface area (TPSA) is 18.5 Å². The maximum atomic E-state index is 6.11. The lowest BCUT2D eigenvalue weighted by Crippen LogP contribution is -2.43. The van der Waals surface area contributed by atoms with E-state index < -0.39 is 0 Å². The van der Waals surface area contributed by atoms with Gasteiger partial charge in [0, 0.05) is 26.1 Å². The number of rotatable bonds is 15. The van der Waals surface area contributed by atoms with Gasteiger partial charge in [-0.25, -0.2) is 0 Å². The van der Waals surface area contributed by atoms with E-state index in [1.165, 1.54) is 57.8 Å². The molecule has 0 aromatic heterocycles. The highest BCUT2D eigenvalue weighted by Gasteiger charge is 2.37. The molecule has 2 nitrogen and oxygen atoms in total. The van der Waals surface area contributed by atoms with Gasteiger partial charge in [-0.3, -0.25) is 0 Å². The zero-order chi connectivity index (χ0) is 16.0. The Kier molecular flexibility index (Phi) is 13.5. The first-order valence-electron chi connectivity index (χ1n) is 9.39. The molecule has 2 heteroatoms. The Hall–Kier alpha value is -0.0800. The molecule has 0 fully saturated rings. The quantitative estimate of drug-likeness (QED) is 0.260. The maximum Gasteiger partial charge on any atom is 0.170 e. The van der Waals surface area contributed by atoms with Crippen LogP contribution in [0.5, 0.6) is 0 Å². The van der Waals surface area contributed by atoms with Crippen LogP contribution in [0, 0.1) is 5.92 Å². The van der Waals surface area contributed by atoms with Crippen molar-refractivity contribution in [3.05, 3.63) is 0 Å². The van der Waals surface area contributed by atoms with Gasteiger partial charge in [-0.1, -0.05) is 72.1 Å². The first-order valence-corrected chi connectivity index (χ1v) is 9.39. The van der Waals surface area contributed by atoms with Crippen molar-refractivity contribution in [2.75, 3.05) is 13.7 Å². The molecular formula is C19H40O2. The predicted octanol–water partition coefficient (Wildman–Crippen LogP) is 6.33. The molecule has 0 saturated carbocycles. The zero-order valence-corrected chi connectivity index (χ0v) is 15.4. The molecule has 21 heavy (non-hydrogen) atoms. The van der Waals surface area contributed by atoms with Crippen LogP contribution in [0.3, 0.4) is 0 Å². The molecule has 0 radical (unpaired) electrons. The molecule has 0 aromatic rings. The highest BCUT2D eigenvalue weighted by atomic mass is 16.7. The second-order valence-electron chi connectivity index (χ2n) is 6.24. The minimum atomic E-state index is -0.344. The Labute approximate surface area is 134 Å². The van der Waals surface area contributed by atoms with Gasteiger partial charge in [0.1, 0.15) is 0 Å². The minimum Gasteiger partial charge on any atom is -0.353 e. The van der Waals surface area contributed by atoms with Crippen molar-refractivity contribution < 1.29 is 9.47 Å². The van der Waals surface area contributed by atoms with Crippen molar-refractivity contribution in [1.29, 1.82) is 0 Å². The van der Waals surface area contributed by atoms with Crippen molar-refractivity contribution in [1.82, 2.24) is 0 Å². The fraction of sp³-hybridized carbons (Fsp3) is 1.00. The van der Waals surface area contributed by atoms with E-state index >= 15 is 0 Å². The van der Waals surface area contributed by atoms with E-state index in [9.17, 15) is 0 Å². The van der Waals surface area contributed by atoms with E-state index in [1.54, 1.807) is 0 Å². The molecule has 0 heterocycles. The SMILES string of the molecule is CCCCCCCCC(CCC)C(CCC)(OC)OCC. The third-order valence-electron chi connectivity index (χ3n) is 4.50. The van der Waals surface area contributed by atoms with Crippen molar-refractivity contribution in [3.8, 4) is 0 Å². The van der Waals surface area contributed by atoms with E-state index in [0.29, 0.717) is 5.92 Å². The lowest BCUT2D eigenvalue weighted by atomic mass is 9.85. The molecular weight excluding hydrogens is 260 g/mol. The molecule has 2 atom stereocenters. The molecule has 0 aliphatic carbocycles. The number of hydrogen-bond acceptors (Lipinski definition) is 2. The van der Waals surface area contributed by atoms with Gasteiger partial charge in [0.15, 0.2) is 5.79 Å². The zero-order valence-electron chi connectivity index (χ0n) is 15.4. The Bertz CT molecular complexity index is 210. The van der Waals surface area contributed by atoms with Crippen molar-refractivity contribution in [2.45, 2.75) is 104 Å². The Morgan fingerprint density at radius 3 is 1.95 bits per heavy atom. The molecule has 0 amide bonds. The van der Waals surface area contributed by atoms with Gasteiger partial charge < -0.3 is 9.47 Å². The third-order valence-corrected chi connectivity index (χ3v) is 4.50. The second-order valence-corrected chi connectivity index (χ2v) is 6.24. The van der Waals surface area contributed by atoms with Crippen LogP contribution in [0.2, 0.25) is 0 Å². The van der Waals surface area contributed by atoms with E-state index in [1.807, 2.05) is 7.11 Å². The van der Waals surface area contributed by atoms with Crippen molar-refractivity contribution in [2.24, 2.45) is 5.92 Å². The van der Waals surface area contributed by atoms with Gasteiger partial charge in [-0.05, 0) is 19.8 Å². The van der Waals surface area contributed by atoms with Gasteiger partial charge in [-0.2, -0.15) is 0 Å². The number of methoxy groups -OCH3 is 1. The van der Waals surface area contributed by atoms with Crippen LogP contribution in [0.1, 0.15) is 98.3 Å². The van der Waals surface area contributed by atoms with Crippen LogP contribution in [-0.4, -0.2) is 19.5 Å². The lowest BCUT2D eigenvalue weighted by Gasteiger charge is -2.39. The molecule has 0 bridgehead atoms. The largest absolute Gasteiger partial charge is 0.353 e. The van der Waals surface area contributed by atoms with Crippen molar-refractivity contribution >= 4 is 0 Å². The molecule has 2 unspecified atom stereocenters. The molecule has 0 saturated heterocycles. The highest BCUT2D eigenvalue weighted by molar-refractivity contribution is 4.79. The Morgan fingerprint density at radius 1 is 0.762 bits per heavy atom. The lowest BCUT2D eigenvalue weighted by molar-refractivity contribution is -0.259. The summed E-state index contributed by atoms with van der Waals surface area (Å²) in [5, 5.41) is 0. The van der Waals surface area contributed by atoms with Gasteiger partial charge in [0.2, 0.25) is 0 Å². The fourth-order valence-electron chi connectivity index (χ4n) is 3.42. The smallest absolute Gasteiger partial charge is 0.170 e.